The summed E-state index contributed by atoms with van der Waals surface area (Å²) in [5.41, 5.74) is 0.361. The Labute approximate surface area is 143 Å². The van der Waals surface area contributed by atoms with Crippen molar-refractivity contribution >= 4 is 17.6 Å². The Morgan fingerprint density at radius 2 is 1.80 bits per heavy atom. The largest absolute Gasteiger partial charge is 0.456 e. The summed E-state index contributed by atoms with van der Waals surface area (Å²) in [4.78, 5) is 36.8. The molecule has 0 unspecified atom stereocenters. The van der Waals surface area contributed by atoms with Crippen LogP contribution in [0.5, 0.6) is 0 Å². The number of fused-ring (bicyclic) bond motifs is 1. The fourth-order valence-electron chi connectivity index (χ4n) is 2.91. The predicted molar refractivity (Wildman–Crippen MR) is 88.2 cm³/mol. The van der Waals surface area contributed by atoms with E-state index in [1.807, 2.05) is 0 Å². The molecule has 25 heavy (non-hydrogen) atoms. The number of aryl methyl sites for hydroxylation is 1. The number of imidazole rings is 1. The molecule has 0 saturated carbocycles. The van der Waals surface area contributed by atoms with Crippen molar-refractivity contribution in [2.45, 2.75) is 6.92 Å². The van der Waals surface area contributed by atoms with Crippen molar-refractivity contribution in [3.05, 3.63) is 54.0 Å². The molecule has 0 spiro atoms. The monoisotopic (exact) mass is 339 g/mol. The highest BCUT2D eigenvalue weighted by atomic mass is 16.3. The summed E-state index contributed by atoms with van der Waals surface area (Å²) in [6.45, 7) is 3.67. The summed E-state index contributed by atoms with van der Waals surface area (Å²) in [7, 11) is 0. The number of furan rings is 1. The third-order valence-electron chi connectivity index (χ3n) is 4.26. The summed E-state index contributed by atoms with van der Waals surface area (Å²) in [6, 6.07) is 5.23. The van der Waals surface area contributed by atoms with Crippen LogP contribution in [0.2, 0.25) is 0 Å². The number of rotatable bonds is 2. The molecule has 128 valence electrons. The molecule has 0 aromatic carbocycles. The summed E-state index contributed by atoms with van der Waals surface area (Å²) < 4.78 is 7.10. The van der Waals surface area contributed by atoms with Crippen molar-refractivity contribution in [2.75, 3.05) is 26.2 Å². The van der Waals surface area contributed by atoms with Crippen LogP contribution >= 0.6 is 0 Å². The number of hydrogen-bond acceptors (Lipinski definition) is 5. The van der Waals surface area contributed by atoms with E-state index in [1.165, 1.54) is 0 Å². The van der Waals surface area contributed by atoms with Crippen molar-refractivity contribution in [3.63, 3.8) is 0 Å². The summed E-state index contributed by atoms with van der Waals surface area (Å²) in [5.74, 6) is 1.25. The highest BCUT2D eigenvalue weighted by Gasteiger charge is 2.27. The van der Waals surface area contributed by atoms with Crippen LogP contribution in [0, 0.1) is 6.92 Å². The van der Waals surface area contributed by atoms with Gasteiger partial charge >= 0.3 is 0 Å². The standard InChI is InChI=1S/C17H17N5O3/c1-12-3-4-14(25-12)16(24)21-9-7-20(8-10-21)15(23)13-11-22-6-2-5-18-17(22)19-13/h2-6,11H,7-10H2,1H3. The van der Waals surface area contributed by atoms with E-state index in [0.29, 0.717) is 49.2 Å². The van der Waals surface area contributed by atoms with E-state index < -0.39 is 0 Å². The first-order chi connectivity index (χ1) is 12.1. The Morgan fingerprint density at radius 1 is 1.08 bits per heavy atom. The lowest BCUT2D eigenvalue weighted by atomic mass is 10.2. The quantitative estimate of drug-likeness (QED) is 0.701. The van der Waals surface area contributed by atoms with Crippen LogP contribution in [0.15, 0.2) is 41.2 Å². The van der Waals surface area contributed by atoms with Gasteiger partial charge in [-0.05, 0) is 25.1 Å². The molecule has 0 atom stereocenters. The Morgan fingerprint density at radius 3 is 2.44 bits per heavy atom. The van der Waals surface area contributed by atoms with E-state index in [9.17, 15) is 9.59 Å². The minimum atomic E-state index is -0.147. The zero-order chi connectivity index (χ0) is 17.4. The molecule has 1 aliphatic heterocycles. The second-order valence-electron chi connectivity index (χ2n) is 5.95. The highest BCUT2D eigenvalue weighted by Crippen LogP contribution is 2.14. The minimum Gasteiger partial charge on any atom is -0.456 e. The summed E-state index contributed by atoms with van der Waals surface area (Å²) >= 11 is 0. The number of carbonyl (C=O) groups excluding carboxylic acids is 2. The second-order valence-corrected chi connectivity index (χ2v) is 5.95. The lowest BCUT2D eigenvalue weighted by Gasteiger charge is -2.33. The zero-order valence-corrected chi connectivity index (χ0v) is 13.8. The minimum absolute atomic E-state index is 0.142. The Bertz CT molecular complexity index is 904. The van der Waals surface area contributed by atoms with Crippen LogP contribution in [0.25, 0.3) is 5.78 Å². The van der Waals surface area contributed by atoms with Gasteiger partial charge in [-0.3, -0.25) is 14.0 Å². The fourth-order valence-corrected chi connectivity index (χ4v) is 2.91. The Balaban J connectivity index is 1.42. The molecule has 4 rings (SSSR count). The van der Waals surface area contributed by atoms with Crippen molar-refractivity contribution in [3.8, 4) is 0 Å². The number of aromatic nitrogens is 3. The molecule has 0 bridgehead atoms. The molecule has 4 heterocycles. The van der Waals surface area contributed by atoms with Crippen LogP contribution in [0.3, 0.4) is 0 Å². The third-order valence-corrected chi connectivity index (χ3v) is 4.26. The maximum atomic E-state index is 12.6. The number of piperazine rings is 1. The van der Waals surface area contributed by atoms with Crippen LogP contribution in [0.1, 0.15) is 26.8 Å². The first-order valence-corrected chi connectivity index (χ1v) is 8.06. The molecule has 1 saturated heterocycles. The maximum Gasteiger partial charge on any atom is 0.289 e. The van der Waals surface area contributed by atoms with Crippen molar-refractivity contribution in [1.29, 1.82) is 0 Å². The molecular weight excluding hydrogens is 322 g/mol. The number of carbonyl (C=O) groups is 2. The molecule has 1 fully saturated rings. The average molecular weight is 339 g/mol. The molecule has 3 aromatic heterocycles. The van der Waals surface area contributed by atoms with E-state index >= 15 is 0 Å². The molecule has 0 radical (unpaired) electrons. The van der Waals surface area contributed by atoms with Gasteiger partial charge < -0.3 is 14.2 Å². The van der Waals surface area contributed by atoms with Gasteiger partial charge in [-0.2, -0.15) is 0 Å². The van der Waals surface area contributed by atoms with Crippen molar-refractivity contribution < 1.29 is 14.0 Å². The summed E-state index contributed by atoms with van der Waals surface area (Å²) in [5, 5.41) is 0. The molecule has 8 nitrogen and oxygen atoms in total. The smallest absolute Gasteiger partial charge is 0.289 e. The van der Waals surface area contributed by atoms with Gasteiger partial charge in [-0.1, -0.05) is 0 Å². The molecule has 1 aliphatic rings. The molecule has 0 N–H and O–H groups in total. The van der Waals surface area contributed by atoms with Gasteiger partial charge in [0.15, 0.2) is 5.76 Å². The van der Waals surface area contributed by atoms with Crippen LogP contribution in [-0.4, -0.2) is 62.2 Å². The first-order valence-electron chi connectivity index (χ1n) is 8.06. The second kappa shape index (κ2) is 6.04. The third kappa shape index (κ3) is 2.86. The van der Waals surface area contributed by atoms with Crippen LogP contribution < -0.4 is 0 Å². The Hall–Kier alpha value is -3.16. The van der Waals surface area contributed by atoms with Gasteiger partial charge in [0.25, 0.3) is 11.8 Å². The predicted octanol–water partition coefficient (Wildman–Crippen LogP) is 1.23. The normalized spacial score (nSPS) is 14.9. The van der Waals surface area contributed by atoms with E-state index in [1.54, 1.807) is 57.9 Å². The van der Waals surface area contributed by atoms with Crippen molar-refractivity contribution in [1.82, 2.24) is 24.2 Å². The first kappa shape index (κ1) is 15.4. The van der Waals surface area contributed by atoms with E-state index in [0.717, 1.165) is 0 Å². The molecule has 2 amide bonds. The lowest BCUT2D eigenvalue weighted by Crippen LogP contribution is -2.50. The van der Waals surface area contributed by atoms with E-state index in [-0.39, 0.29) is 11.8 Å². The van der Waals surface area contributed by atoms with Crippen LogP contribution in [0.4, 0.5) is 0 Å². The fraction of sp³-hybridized carbons (Fsp3) is 0.294. The van der Waals surface area contributed by atoms with E-state index in [2.05, 4.69) is 9.97 Å². The molecule has 8 heteroatoms. The molecular formula is C17H17N5O3. The highest BCUT2D eigenvalue weighted by molar-refractivity contribution is 5.94. The van der Waals surface area contributed by atoms with Gasteiger partial charge in [0.2, 0.25) is 5.78 Å². The van der Waals surface area contributed by atoms with Gasteiger partial charge in [0.1, 0.15) is 11.5 Å². The SMILES string of the molecule is Cc1ccc(C(=O)N2CCN(C(=O)c3cn4cccnc4n3)CC2)o1. The average Bonchev–Trinajstić information content (AvgIpc) is 3.26. The summed E-state index contributed by atoms with van der Waals surface area (Å²) in [6.07, 6.45) is 5.11. The van der Waals surface area contributed by atoms with Gasteiger partial charge in [0.05, 0.1) is 0 Å². The Kier molecular flexibility index (Phi) is 3.72. The lowest BCUT2D eigenvalue weighted by molar-refractivity contribution is 0.0515. The van der Waals surface area contributed by atoms with Gasteiger partial charge in [-0.15, -0.1) is 0 Å². The topological polar surface area (TPSA) is 84.0 Å². The maximum absolute atomic E-state index is 12.6. The van der Waals surface area contributed by atoms with Gasteiger partial charge in [-0.25, -0.2) is 9.97 Å². The molecule has 3 aromatic rings. The van der Waals surface area contributed by atoms with Gasteiger partial charge in [0, 0.05) is 44.8 Å². The van der Waals surface area contributed by atoms with Crippen LogP contribution in [-0.2, 0) is 0 Å². The number of hydrogen-bond donors (Lipinski definition) is 0. The number of amides is 2. The number of nitrogens with zero attached hydrogens (tertiary/aromatic N) is 5. The molecule has 0 aliphatic carbocycles. The van der Waals surface area contributed by atoms with Crippen molar-refractivity contribution in [2.24, 2.45) is 0 Å². The zero-order valence-electron chi connectivity index (χ0n) is 13.8. The van der Waals surface area contributed by atoms with E-state index in [4.69, 9.17) is 4.42 Å².